The minimum absolute atomic E-state index is 0.132. The molecule has 0 aliphatic rings. The quantitative estimate of drug-likeness (QED) is 0.623. The van der Waals surface area contributed by atoms with Crippen molar-refractivity contribution >= 4 is 27.7 Å². The van der Waals surface area contributed by atoms with Gasteiger partial charge in [0.15, 0.2) is 5.01 Å². The largest absolute Gasteiger partial charge is 0.324 e. The molecular formula is C12H16N4O2S2. The first-order chi connectivity index (χ1) is 9.65. The van der Waals surface area contributed by atoms with Crippen LogP contribution in [0.15, 0.2) is 12.1 Å². The van der Waals surface area contributed by atoms with Gasteiger partial charge in [0.25, 0.3) is 0 Å². The van der Waals surface area contributed by atoms with Gasteiger partial charge in [-0.05, 0) is 25.5 Å². The minimum Gasteiger partial charge on any atom is -0.308 e. The van der Waals surface area contributed by atoms with E-state index < -0.39 is 0 Å². The number of nitro groups is 1. The zero-order valence-electron chi connectivity index (χ0n) is 11.3. The van der Waals surface area contributed by atoms with E-state index >= 15 is 0 Å². The summed E-state index contributed by atoms with van der Waals surface area (Å²) in [7, 11) is 0. The highest BCUT2D eigenvalue weighted by Crippen LogP contribution is 2.35. The summed E-state index contributed by atoms with van der Waals surface area (Å²) >= 11 is 2.63. The van der Waals surface area contributed by atoms with Crippen molar-refractivity contribution in [1.29, 1.82) is 0 Å². The van der Waals surface area contributed by atoms with Gasteiger partial charge in [0.2, 0.25) is 0 Å². The van der Waals surface area contributed by atoms with Crippen molar-refractivity contribution in [2.45, 2.75) is 32.7 Å². The molecule has 0 fully saturated rings. The topological polar surface area (TPSA) is 81.0 Å². The van der Waals surface area contributed by atoms with Crippen LogP contribution in [-0.2, 0) is 0 Å². The molecule has 2 aromatic heterocycles. The second kappa shape index (κ2) is 6.87. The van der Waals surface area contributed by atoms with E-state index in [-0.39, 0.29) is 16.0 Å². The zero-order valence-corrected chi connectivity index (χ0v) is 13.0. The molecule has 0 spiro atoms. The average Bonchev–Trinajstić information content (AvgIpc) is 3.08. The minimum atomic E-state index is -0.381. The van der Waals surface area contributed by atoms with Gasteiger partial charge in [0.1, 0.15) is 5.01 Å². The summed E-state index contributed by atoms with van der Waals surface area (Å²) in [5.74, 6) is 0. The summed E-state index contributed by atoms with van der Waals surface area (Å²) < 4.78 is 0. The number of thiophene rings is 1. The summed E-state index contributed by atoms with van der Waals surface area (Å²) in [5.41, 5.74) is 0. The molecule has 2 rings (SSSR count). The van der Waals surface area contributed by atoms with E-state index in [4.69, 9.17) is 0 Å². The molecule has 1 atom stereocenters. The van der Waals surface area contributed by atoms with Crippen LogP contribution in [0.5, 0.6) is 0 Å². The lowest BCUT2D eigenvalue weighted by atomic mass is 10.2. The van der Waals surface area contributed by atoms with Crippen LogP contribution in [0, 0.1) is 10.1 Å². The Balaban J connectivity index is 2.16. The van der Waals surface area contributed by atoms with Crippen LogP contribution in [0.2, 0.25) is 0 Å². The van der Waals surface area contributed by atoms with Crippen molar-refractivity contribution < 1.29 is 4.92 Å². The number of nitrogens with zero attached hydrogens (tertiary/aromatic N) is 3. The molecule has 20 heavy (non-hydrogen) atoms. The van der Waals surface area contributed by atoms with Crippen LogP contribution in [0.25, 0.3) is 9.88 Å². The van der Waals surface area contributed by atoms with E-state index in [0.717, 1.165) is 45.6 Å². The van der Waals surface area contributed by atoms with Crippen molar-refractivity contribution in [3.05, 3.63) is 27.3 Å². The molecular weight excluding hydrogens is 296 g/mol. The van der Waals surface area contributed by atoms with Gasteiger partial charge in [-0.2, -0.15) is 0 Å². The molecule has 2 aromatic rings. The van der Waals surface area contributed by atoms with Crippen LogP contribution in [0.1, 0.15) is 37.7 Å². The van der Waals surface area contributed by atoms with Crippen LogP contribution < -0.4 is 5.32 Å². The van der Waals surface area contributed by atoms with Gasteiger partial charge < -0.3 is 5.32 Å². The highest BCUT2D eigenvalue weighted by molar-refractivity contribution is 7.23. The lowest BCUT2D eigenvalue weighted by Crippen LogP contribution is -2.21. The summed E-state index contributed by atoms with van der Waals surface area (Å²) in [6.07, 6.45) is 2.01. The predicted octanol–water partition coefficient (Wildman–Crippen LogP) is 3.63. The fourth-order valence-corrected chi connectivity index (χ4v) is 3.61. The average molecular weight is 312 g/mol. The smallest absolute Gasteiger partial charge is 0.308 e. The van der Waals surface area contributed by atoms with Gasteiger partial charge in [0.05, 0.1) is 15.8 Å². The van der Waals surface area contributed by atoms with Crippen molar-refractivity contribution in [1.82, 2.24) is 15.5 Å². The van der Waals surface area contributed by atoms with Crippen molar-refractivity contribution in [2.24, 2.45) is 0 Å². The number of aromatic nitrogens is 2. The Morgan fingerprint density at radius 1 is 1.35 bits per heavy atom. The molecule has 0 amide bonds. The van der Waals surface area contributed by atoms with Crippen LogP contribution in [0.4, 0.5) is 5.00 Å². The van der Waals surface area contributed by atoms with Crippen molar-refractivity contribution in [3.63, 3.8) is 0 Å². The van der Waals surface area contributed by atoms with E-state index in [0.29, 0.717) is 0 Å². The maximum atomic E-state index is 10.7. The maximum absolute atomic E-state index is 10.7. The molecule has 2 heterocycles. The van der Waals surface area contributed by atoms with Crippen LogP contribution in [0.3, 0.4) is 0 Å². The third-order valence-electron chi connectivity index (χ3n) is 2.77. The molecule has 0 radical (unpaired) electrons. The fraction of sp³-hybridized carbons (Fsp3) is 0.500. The van der Waals surface area contributed by atoms with Crippen molar-refractivity contribution in [2.75, 3.05) is 6.54 Å². The van der Waals surface area contributed by atoms with Gasteiger partial charge in [-0.15, -0.1) is 10.2 Å². The van der Waals surface area contributed by atoms with E-state index in [2.05, 4.69) is 29.4 Å². The summed E-state index contributed by atoms with van der Waals surface area (Å²) in [6.45, 7) is 5.16. The maximum Gasteiger partial charge on any atom is 0.324 e. The zero-order chi connectivity index (χ0) is 14.5. The Morgan fingerprint density at radius 3 is 2.75 bits per heavy atom. The molecule has 6 nitrogen and oxygen atoms in total. The Labute approximate surface area is 125 Å². The van der Waals surface area contributed by atoms with E-state index in [1.165, 1.54) is 17.4 Å². The van der Waals surface area contributed by atoms with Crippen molar-refractivity contribution in [3.8, 4) is 9.88 Å². The Morgan fingerprint density at radius 2 is 2.15 bits per heavy atom. The first-order valence-electron chi connectivity index (χ1n) is 6.47. The van der Waals surface area contributed by atoms with E-state index in [9.17, 15) is 10.1 Å². The fourth-order valence-electron chi connectivity index (χ4n) is 1.74. The summed E-state index contributed by atoms with van der Waals surface area (Å²) in [6, 6.07) is 3.44. The molecule has 8 heteroatoms. The number of hydrogen-bond acceptors (Lipinski definition) is 7. The molecule has 0 saturated heterocycles. The van der Waals surface area contributed by atoms with Gasteiger partial charge in [-0.3, -0.25) is 10.1 Å². The second-order valence-electron chi connectivity index (χ2n) is 4.26. The van der Waals surface area contributed by atoms with Gasteiger partial charge in [-0.1, -0.05) is 36.5 Å². The van der Waals surface area contributed by atoms with Gasteiger partial charge in [-0.25, -0.2) is 0 Å². The normalized spacial score (nSPS) is 12.5. The highest BCUT2D eigenvalue weighted by atomic mass is 32.1. The lowest BCUT2D eigenvalue weighted by molar-refractivity contribution is -0.380. The Bertz CT molecular complexity index is 582. The summed E-state index contributed by atoms with van der Waals surface area (Å²) in [5, 5.41) is 24.3. The monoisotopic (exact) mass is 312 g/mol. The first-order valence-corrected chi connectivity index (χ1v) is 8.10. The van der Waals surface area contributed by atoms with Gasteiger partial charge in [0, 0.05) is 6.07 Å². The second-order valence-corrected chi connectivity index (χ2v) is 6.33. The number of nitrogens with one attached hydrogen (secondary N) is 1. The molecule has 0 aromatic carbocycles. The van der Waals surface area contributed by atoms with E-state index in [1.54, 1.807) is 6.07 Å². The molecule has 0 saturated carbocycles. The van der Waals surface area contributed by atoms with E-state index in [1.807, 2.05) is 0 Å². The third-order valence-corrected chi connectivity index (χ3v) is 5.01. The standard InChI is InChI=1S/C12H16N4O2S2/c1-3-7-13-8(4-2)11-14-15-12(20-11)9-5-6-10(19-9)16(17)18/h5-6,8,13H,3-4,7H2,1-2H3. The number of hydrogen-bond donors (Lipinski definition) is 1. The lowest BCUT2D eigenvalue weighted by Gasteiger charge is -2.12. The highest BCUT2D eigenvalue weighted by Gasteiger charge is 2.18. The SMILES string of the molecule is CCCNC(CC)c1nnc(-c2ccc([N+](=O)[O-])s2)s1. The molecule has 108 valence electrons. The Hall–Kier alpha value is -1.38. The molecule has 1 unspecified atom stereocenters. The predicted molar refractivity (Wildman–Crippen MR) is 81.2 cm³/mol. The Kier molecular flexibility index (Phi) is 5.16. The molecule has 0 aliphatic carbocycles. The first kappa shape index (κ1) is 15.0. The van der Waals surface area contributed by atoms with Crippen LogP contribution in [-0.4, -0.2) is 21.7 Å². The van der Waals surface area contributed by atoms with Gasteiger partial charge >= 0.3 is 5.00 Å². The van der Waals surface area contributed by atoms with Crippen LogP contribution >= 0.6 is 22.7 Å². The number of rotatable bonds is 7. The molecule has 0 aliphatic heterocycles. The molecule has 1 N–H and O–H groups in total. The molecule has 0 bridgehead atoms. The summed E-state index contributed by atoms with van der Waals surface area (Å²) in [4.78, 5) is 11.1. The third kappa shape index (κ3) is 3.38.